The van der Waals surface area contributed by atoms with Crippen molar-refractivity contribution in [1.29, 1.82) is 0 Å². The van der Waals surface area contributed by atoms with Gasteiger partial charge in [0.05, 0.1) is 6.10 Å². The maximum Gasteiger partial charge on any atom is 0.351 e. The minimum atomic E-state index is -3.97. The number of halogens is 1. The Morgan fingerprint density at radius 2 is 2.16 bits per heavy atom. The molecule has 1 aromatic heterocycles. The van der Waals surface area contributed by atoms with Gasteiger partial charge in [0, 0.05) is 25.2 Å². The Kier molecular flexibility index (Phi) is 6.12. The molecule has 1 aliphatic heterocycles. The van der Waals surface area contributed by atoms with Gasteiger partial charge in [-0.15, -0.1) is 0 Å². The number of nitrogens with one attached hydrogen (secondary N) is 1. The van der Waals surface area contributed by atoms with E-state index in [0.29, 0.717) is 0 Å². The minimum absolute atomic E-state index is 0.350. The highest BCUT2D eigenvalue weighted by molar-refractivity contribution is 7.56. The SMILES string of the molecule is COP(=O)(O)/C=C/[C@H]1O[C@@H](n2ccc(=O)[nH]c2=O)[C@H](F)[C@@H]1OC(C)C. The molecule has 0 aliphatic carbocycles. The molecule has 0 amide bonds. The van der Waals surface area contributed by atoms with Crippen molar-refractivity contribution in [1.82, 2.24) is 9.55 Å². The third-order valence-corrected chi connectivity index (χ3v) is 4.56. The molecule has 0 bridgehead atoms. The summed E-state index contributed by atoms with van der Waals surface area (Å²) in [5.41, 5.74) is -1.46. The number of aromatic nitrogens is 2. The van der Waals surface area contributed by atoms with E-state index in [1.165, 1.54) is 6.08 Å². The first-order valence-electron chi connectivity index (χ1n) is 7.48. The van der Waals surface area contributed by atoms with Crippen molar-refractivity contribution >= 4 is 7.60 Å². The molecule has 0 spiro atoms. The molecule has 0 aromatic carbocycles. The maximum absolute atomic E-state index is 14.8. The standard InChI is InChI=1S/C14H20FN2O7P/c1-8(2)23-12-9(5-7-25(20,21)22-3)24-13(11(12)15)17-6-4-10(18)16-14(17)19/h4-9,11-13H,1-3H3,(H,20,21)(H,16,18,19)/b7-5+/t9-,11-,12-,13-/m1/s1. The van der Waals surface area contributed by atoms with Crippen LogP contribution < -0.4 is 11.2 Å². The molecule has 1 fully saturated rings. The molecule has 5 atom stereocenters. The van der Waals surface area contributed by atoms with Gasteiger partial charge in [0.1, 0.15) is 12.2 Å². The average molecular weight is 378 g/mol. The first kappa shape index (κ1) is 19.7. The summed E-state index contributed by atoms with van der Waals surface area (Å²) in [6.45, 7) is 3.39. The van der Waals surface area contributed by atoms with E-state index in [9.17, 15) is 23.4 Å². The molecule has 2 N–H and O–H groups in total. The van der Waals surface area contributed by atoms with Crippen LogP contribution in [0.5, 0.6) is 0 Å². The van der Waals surface area contributed by atoms with Crippen molar-refractivity contribution in [3.8, 4) is 0 Å². The fourth-order valence-corrected chi connectivity index (χ4v) is 2.89. The second kappa shape index (κ2) is 7.76. The summed E-state index contributed by atoms with van der Waals surface area (Å²) in [4.78, 5) is 34.5. The molecule has 9 nitrogen and oxygen atoms in total. The zero-order chi connectivity index (χ0) is 18.8. The van der Waals surface area contributed by atoms with Gasteiger partial charge in [-0.1, -0.05) is 0 Å². The van der Waals surface area contributed by atoms with E-state index < -0.39 is 43.5 Å². The van der Waals surface area contributed by atoms with Crippen molar-refractivity contribution in [3.05, 3.63) is 45.0 Å². The second-order valence-corrected chi connectivity index (χ2v) is 7.48. The summed E-state index contributed by atoms with van der Waals surface area (Å²) in [5, 5.41) is 0. The number of hydrogen-bond donors (Lipinski definition) is 2. The molecule has 0 saturated carbocycles. The van der Waals surface area contributed by atoms with E-state index in [2.05, 4.69) is 4.52 Å². The predicted molar refractivity (Wildman–Crippen MR) is 86.1 cm³/mol. The number of alkyl halides is 1. The van der Waals surface area contributed by atoms with Crippen LogP contribution in [0.2, 0.25) is 0 Å². The fourth-order valence-electron chi connectivity index (χ4n) is 2.38. The zero-order valence-corrected chi connectivity index (χ0v) is 14.8. The summed E-state index contributed by atoms with van der Waals surface area (Å²) >= 11 is 0. The molecular weight excluding hydrogens is 358 g/mol. The Labute approximate surface area is 142 Å². The van der Waals surface area contributed by atoms with Gasteiger partial charge in [-0.3, -0.25) is 18.9 Å². The highest BCUT2D eigenvalue weighted by Gasteiger charge is 2.46. The monoisotopic (exact) mass is 378 g/mol. The van der Waals surface area contributed by atoms with Crippen LogP contribution in [0, 0.1) is 0 Å². The first-order valence-corrected chi connectivity index (χ1v) is 9.13. The van der Waals surface area contributed by atoms with Gasteiger partial charge in [0.25, 0.3) is 5.56 Å². The topological polar surface area (TPSA) is 120 Å². The smallest absolute Gasteiger partial charge is 0.351 e. The first-order chi connectivity index (χ1) is 11.6. The van der Waals surface area contributed by atoms with Gasteiger partial charge in [0.2, 0.25) is 0 Å². The van der Waals surface area contributed by atoms with Gasteiger partial charge < -0.3 is 18.9 Å². The van der Waals surface area contributed by atoms with Crippen LogP contribution in [-0.4, -0.2) is 46.0 Å². The van der Waals surface area contributed by atoms with Crippen LogP contribution in [0.4, 0.5) is 4.39 Å². The van der Waals surface area contributed by atoms with Crippen LogP contribution in [0.15, 0.2) is 33.7 Å². The van der Waals surface area contributed by atoms with Crippen LogP contribution in [-0.2, 0) is 18.6 Å². The molecule has 1 aliphatic rings. The Hall–Kier alpha value is -1.58. The number of H-pyrrole nitrogens is 1. The molecular formula is C14H20FN2O7P. The molecule has 140 valence electrons. The fraction of sp³-hybridized carbons (Fsp3) is 0.571. The quantitative estimate of drug-likeness (QED) is 0.706. The van der Waals surface area contributed by atoms with Crippen molar-refractivity contribution < 1.29 is 27.8 Å². The number of nitrogens with zero attached hydrogens (tertiary/aromatic N) is 1. The molecule has 2 rings (SSSR count). The van der Waals surface area contributed by atoms with Crippen molar-refractivity contribution in [2.45, 2.75) is 44.6 Å². The van der Waals surface area contributed by atoms with E-state index in [1.807, 2.05) is 4.98 Å². The molecule has 0 radical (unpaired) electrons. The van der Waals surface area contributed by atoms with Crippen LogP contribution in [0.1, 0.15) is 20.1 Å². The molecule has 11 heteroatoms. The third kappa shape index (κ3) is 4.74. The molecule has 25 heavy (non-hydrogen) atoms. The Bertz CT molecular complexity index is 790. The van der Waals surface area contributed by atoms with Crippen LogP contribution in [0.3, 0.4) is 0 Å². The zero-order valence-electron chi connectivity index (χ0n) is 13.9. The molecule has 1 saturated heterocycles. The lowest BCUT2D eigenvalue weighted by Gasteiger charge is -2.20. The third-order valence-electron chi connectivity index (χ3n) is 3.49. The van der Waals surface area contributed by atoms with Crippen molar-refractivity contribution in [3.63, 3.8) is 0 Å². The molecule has 1 aromatic rings. The van der Waals surface area contributed by atoms with Gasteiger partial charge in [-0.25, -0.2) is 9.18 Å². The number of rotatable bonds is 6. The second-order valence-electron chi connectivity index (χ2n) is 5.69. The van der Waals surface area contributed by atoms with Gasteiger partial charge in [0.15, 0.2) is 12.4 Å². The van der Waals surface area contributed by atoms with Crippen molar-refractivity contribution in [2.24, 2.45) is 0 Å². The maximum atomic E-state index is 14.8. The summed E-state index contributed by atoms with van der Waals surface area (Å²) < 4.78 is 42.7. The normalized spacial score (nSPS) is 29.4. The van der Waals surface area contributed by atoms with E-state index in [-0.39, 0.29) is 6.10 Å². The lowest BCUT2D eigenvalue weighted by molar-refractivity contribution is -0.0396. The van der Waals surface area contributed by atoms with E-state index in [0.717, 1.165) is 29.8 Å². The number of hydrogen-bond acceptors (Lipinski definition) is 6. The summed E-state index contributed by atoms with van der Waals surface area (Å²) in [6.07, 6.45) is -3.32. The largest absolute Gasteiger partial charge is 0.369 e. The Balaban J connectivity index is 2.34. The predicted octanol–water partition coefficient (Wildman–Crippen LogP) is 0.911. The van der Waals surface area contributed by atoms with E-state index in [1.54, 1.807) is 13.8 Å². The molecule has 2 heterocycles. The Morgan fingerprint density at radius 1 is 1.48 bits per heavy atom. The summed E-state index contributed by atoms with van der Waals surface area (Å²) in [6, 6.07) is 1.06. The summed E-state index contributed by atoms with van der Waals surface area (Å²) in [5.74, 6) is 0.874. The lowest BCUT2D eigenvalue weighted by Crippen LogP contribution is -2.37. The highest BCUT2D eigenvalue weighted by atomic mass is 31.2. The van der Waals surface area contributed by atoms with Gasteiger partial charge in [-0.2, -0.15) is 0 Å². The van der Waals surface area contributed by atoms with Gasteiger partial charge >= 0.3 is 13.3 Å². The lowest BCUT2D eigenvalue weighted by atomic mass is 10.1. The van der Waals surface area contributed by atoms with E-state index in [4.69, 9.17) is 9.47 Å². The van der Waals surface area contributed by atoms with Crippen molar-refractivity contribution in [2.75, 3.05) is 7.11 Å². The summed E-state index contributed by atoms with van der Waals surface area (Å²) in [7, 11) is -2.91. The average Bonchev–Trinajstić information content (AvgIpc) is 2.82. The Morgan fingerprint density at radius 3 is 2.72 bits per heavy atom. The van der Waals surface area contributed by atoms with Crippen LogP contribution >= 0.6 is 7.60 Å². The van der Waals surface area contributed by atoms with Crippen LogP contribution in [0.25, 0.3) is 0 Å². The number of ether oxygens (including phenoxy) is 2. The number of aromatic amines is 1. The van der Waals surface area contributed by atoms with Gasteiger partial charge in [-0.05, 0) is 19.9 Å². The van der Waals surface area contributed by atoms with E-state index >= 15 is 0 Å². The minimum Gasteiger partial charge on any atom is -0.369 e. The highest BCUT2D eigenvalue weighted by Crippen LogP contribution is 2.43. The molecule has 1 unspecified atom stereocenters.